The van der Waals surface area contributed by atoms with E-state index in [1.54, 1.807) is 6.07 Å². The molecule has 0 radical (unpaired) electrons. The summed E-state index contributed by atoms with van der Waals surface area (Å²) < 4.78 is 14.1. The van der Waals surface area contributed by atoms with Gasteiger partial charge in [0.25, 0.3) is 0 Å². The number of halogens is 2. The van der Waals surface area contributed by atoms with E-state index in [1.807, 2.05) is 13.1 Å². The van der Waals surface area contributed by atoms with E-state index >= 15 is 0 Å². The van der Waals surface area contributed by atoms with Gasteiger partial charge in [-0.1, -0.05) is 22.9 Å². The number of rotatable bonds is 7. The first-order valence-electron chi connectivity index (χ1n) is 5.97. The van der Waals surface area contributed by atoms with Gasteiger partial charge in [0, 0.05) is 24.1 Å². The number of nitrogens with zero attached hydrogens (tertiary/aromatic N) is 1. The molecular weight excluding hydrogens is 283 g/mol. The Morgan fingerprint density at radius 3 is 2.65 bits per heavy atom. The van der Waals surface area contributed by atoms with Crippen molar-refractivity contribution in [1.82, 2.24) is 10.2 Å². The van der Waals surface area contributed by atoms with Gasteiger partial charge in [-0.05, 0) is 43.8 Å². The zero-order chi connectivity index (χ0) is 12.7. The first-order chi connectivity index (χ1) is 8.15. The van der Waals surface area contributed by atoms with Gasteiger partial charge in [-0.2, -0.15) is 0 Å². The van der Waals surface area contributed by atoms with Gasteiger partial charge in [0.1, 0.15) is 5.82 Å². The van der Waals surface area contributed by atoms with E-state index in [-0.39, 0.29) is 5.82 Å². The topological polar surface area (TPSA) is 15.3 Å². The van der Waals surface area contributed by atoms with Gasteiger partial charge < -0.3 is 5.32 Å². The van der Waals surface area contributed by atoms with Crippen LogP contribution in [0, 0.1) is 5.82 Å². The lowest BCUT2D eigenvalue weighted by atomic mass is 10.2. The van der Waals surface area contributed by atoms with Crippen molar-refractivity contribution in [3.05, 3.63) is 34.1 Å². The molecule has 0 spiro atoms. The molecular formula is C13H20BrFN2. The predicted octanol–water partition coefficient (Wildman–Crippen LogP) is 3.02. The van der Waals surface area contributed by atoms with Gasteiger partial charge in [-0.15, -0.1) is 0 Å². The molecule has 0 bridgehead atoms. The van der Waals surface area contributed by atoms with Crippen LogP contribution in [0.2, 0.25) is 0 Å². The fraction of sp³-hybridized carbons (Fsp3) is 0.538. The molecule has 1 aromatic rings. The van der Waals surface area contributed by atoms with Crippen LogP contribution in [0.5, 0.6) is 0 Å². The Bertz CT molecular complexity index is 324. The number of nitrogens with one attached hydrogen (secondary N) is 1. The van der Waals surface area contributed by atoms with Crippen molar-refractivity contribution in [2.24, 2.45) is 0 Å². The SMILES string of the molecule is CCCN(CCNC)Cc1cc(F)cc(Br)c1. The van der Waals surface area contributed by atoms with Crippen LogP contribution in [-0.2, 0) is 6.54 Å². The molecule has 0 saturated carbocycles. The number of likely N-dealkylation sites (N-methyl/N-ethyl adjacent to an activating group) is 1. The van der Waals surface area contributed by atoms with E-state index in [4.69, 9.17) is 0 Å². The highest BCUT2D eigenvalue weighted by Crippen LogP contribution is 2.16. The molecule has 0 heterocycles. The molecule has 2 nitrogen and oxygen atoms in total. The molecule has 17 heavy (non-hydrogen) atoms. The van der Waals surface area contributed by atoms with Gasteiger partial charge >= 0.3 is 0 Å². The van der Waals surface area contributed by atoms with Crippen molar-refractivity contribution in [2.45, 2.75) is 19.9 Å². The molecule has 0 fully saturated rings. The highest BCUT2D eigenvalue weighted by Gasteiger charge is 2.06. The summed E-state index contributed by atoms with van der Waals surface area (Å²) in [6.45, 7) is 5.94. The molecule has 0 saturated heterocycles. The van der Waals surface area contributed by atoms with Crippen LogP contribution in [0.1, 0.15) is 18.9 Å². The van der Waals surface area contributed by atoms with E-state index in [0.717, 1.165) is 42.6 Å². The smallest absolute Gasteiger partial charge is 0.124 e. The normalized spacial score (nSPS) is 11.1. The van der Waals surface area contributed by atoms with Crippen molar-refractivity contribution in [2.75, 3.05) is 26.7 Å². The first kappa shape index (κ1) is 14.6. The molecule has 0 amide bonds. The van der Waals surface area contributed by atoms with Crippen molar-refractivity contribution in [3.8, 4) is 0 Å². The summed E-state index contributed by atoms with van der Waals surface area (Å²) in [4.78, 5) is 2.33. The maximum absolute atomic E-state index is 13.3. The summed E-state index contributed by atoms with van der Waals surface area (Å²) in [6, 6.07) is 5.07. The molecule has 0 aliphatic rings. The summed E-state index contributed by atoms with van der Waals surface area (Å²) in [5.41, 5.74) is 1.02. The first-order valence-corrected chi connectivity index (χ1v) is 6.77. The fourth-order valence-electron chi connectivity index (χ4n) is 1.82. The van der Waals surface area contributed by atoms with Crippen LogP contribution in [-0.4, -0.2) is 31.6 Å². The maximum Gasteiger partial charge on any atom is 0.124 e. The van der Waals surface area contributed by atoms with E-state index in [2.05, 4.69) is 33.1 Å². The molecule has 0 aromatic heterocycles. The number of hydrogen-bond donors (Lipinski definition) is 1. The third-order valence-electron chi connectivity index (χ3n) is 2.55. The zero-order valence-corrected chi connectivity index (χ0v) is 12.1. The Kier molecular flexibility index (Phi) is 6.70. The number of benzene rings is 1. The minimum absolute atomic E-state index is 0.181. The van der Waals surface area contributed by atoms with Gasteiger partial charge in [-0.25, -0.2) is 4.39 Å². The van der Waals surface area contributed by atoms with E-state index in [0.29, 0.717) is 0 Å². The van der Waals surface area contributed by atoms with Crippen LogP contribution in [0.3, 0.4) is 0 Å². The molecule has 0 atom stereocenters. The molecule has 0 aliphatic heterocycles. The van der Waals surface area contributed by atoms with Gasteiger partial charge in [0.05, 0.1) is 0 Å². The molecule has 0 aliphatic carbocycles. The molecule has 96 valence electrons. The lowest BCUT2D eigenvalue weighted by Crippen LogP contribution is -2.31. The molecule has 0 unspecified atom stereocenters. The molecule has 1 N–H and O–H groups in total. The Hall–Kier alpha value is -0.450. The monoisotopic (exact) mass is 302 g/mol. The third kappa shape index (κ3) is 5.61. The molecule has 1 aromatic carbocycles. The standard InChI is InChI=1S/C13H20BrFN2/c1-3-5-17(6-4-16-2)10-11-7-12(14)9-13(15)8-11/h7-9,16H,3-6,10H2,1-2H3. The minimum atomic E-state index is -0.181. The van der Waals surface area contributed by atoms with Crippen LogP contribution in [0.15, 0.2) is 22.7 Å². The van der Waals surface area contributed by atoms with E-state index in [9.17, 15) is 4.39 Å². The van der Waals surface area contributed by atoms with Crippen LogP contribution < -0.4 is 5.32 Å². The summed E-state index contributed by atoms with van der Waals surface area (Å²) >= 11 is 3.32. The highest BCUT2D eigenvalue weighted by molar-refractivity contribution is 9.10. The summed E-state index contributed by atoms with van der Waals surface area (Å²) in [5, 5.41) is 3.14. The number of hydrogen-bond acceptors (Lipinski definition) is 2. The van der Waals surface area contributed by atoms with Crippen LogP contribution >= 0.6 is 15.9 Å². The Labute approximate surface area is 111 Å². The lowest BCUT2D eigenvalue weighted by Gasteiger charge is -2.21. The van der Waals surface area contributed by atoms with Crippen molar-refractivity contribution < 1.29 is 4.39 Å². The fourth-order valence-corrected chi connectivity index (χ4v) is 2.33. The average molecular weight is 303 g/mol. The third-order valence-corrected chi connectivity index (χ3v) is 3.00. The minimum Gasteiger partial charge on any atom is -0.318 e. The lowest BCUT2D eigenvalue weighted by molar-refractivity contribution is 0.267. The Balaban J connectivity index is 2.63. The maximum atomic E-state index is 13.3. The highest BCUT2D eigenvalue weighted by atomic mass is 79.9. The van der Waals surface area contributed by atoms with Crippen molar-refractivity contribution in [1.29, 1.82) is 0 Å². The summed E-state index contributed by atoms with van der Waals surface area (Å²) in [6.07, 6.45) is 1.11. The quantitative estimate of drug-likeness (QED) is 0.833. The van der Waals surface area contributed by atoms with Crippen LogP contribution in [0.4, 0.5) is 4.39 Å². The largest absolute Gasteiger partial charge is 0.318 e. The summed E-state index contributed by atoms with van der Waals surface area (Å²) in [5.74, 6) is -0.181. The van der Waals surface area contributed by atoms with Crippen LogP contribution in [0.25, 0.3) is 0 Å². The average Bonchev–Trinajstić information content (AvgIpc) is 2.24. The Morgan fingerprint density at radius 2 is 2.06 bits per heavy atom. The van der Waals surface area contributed by atoms with Crippen molar-refractivity contribution >= 4 is 15.9 Å². The van der Waals surface area contributed by atoms with Gasteiger partial charge in [-0.3, -0.25) is 4.90 Å². The van der Waals surface area contributed by atoms with Gasteiger partial charge in [0.2, 0.25) is 0 Å². The second kappa shape index (κ2) is 7.80. The second-order valence-electron chi connectivity index (χ2n) is 4.16. The summed E-state index contributed by atoms with van der Waals surface area (Å²) in [7, 11) is 1.95. The zero-order valence-electron chi connectivity index (χ0n) is 10.5. The second-order valence-corrected chi connectivity index (χ2v) is 5.07. The molecule has 1 rings (SSSR count). The van der Waals surface area contributed by atoms with E-state index in [1.165, 1.54) is 6.07 Å². The molecule has 4 heteroatoms. The van der Waals surface area contributed by atoms with E-state index < -0.39 is 0 Å². The Morgan fingerprint density at radius 1 is 1.29 bits per heavy atom. The van der Waals surface area contributed by atoms with Crippen molar-refractivity contribution in [3.63, 3.8) is 0 Å². The van der Waals surface area contributed by atoms with Gasteiger partial charge in [0.15, 0.2) is 0 Å². The predicted molar refractivity (Wildman–Crippen MR) is 73.6 cm³/mol.